The zero-order valence-electron chi connectivity index (χ0n) is 9.55. The molecule has 0 aliphatic heterocycles. The van der Waals surface area contributed by atoms with Gasteiger partial charge in [0, 0.05) is 11.7 Å². The molecule has 1 unspecified atom stereocenters. The lowest BCUT2D eigenvalue weighted by Gasteiger charge is -2.10. The minimum Gasteiger partial charge on any atom is -0.389 e. The summed E-state index contributed by atoms with van der Waals surface area (Å²) in [6.45, 7) is 1.66. The summed E-state index contributed by atoms with van der Waals surface area (Å²) < 4.78 is 28.2. The van der Waals surface area contributed by atoms with Crippen LogP contribution in [0.2, 0.25) is 0 Å². The zero-order valence-corrected chi connectivity index (χ0v) is 10.4. The van der Waals surface area contributed by atoms with Crippen molar-refractivity contribution >= 4 is 15.9 Å². The van der Waals surface area contributed by atoms with E-state index in [-0.39, 0.29) is 6.04 Å². The maximum atomic E-state index is 11.6. The van der Waals surface area contributed by atoms with Gasteiger partial charge in [0.2, 0.25) is 0 Å². The van der Waals surface area contributed by atoms with E-state index in [0.717, 1.165) is 18.4 Å². The van der Waals surface area contributed by atoms with Gasteiger partial charge in [0.25, 0.3) is 10.2 Å². The van der Waals surface area contributed by atoms with Crippen molar-refractivity contribution in [3.63, 3.8) is 0 Å². The predicted octanol–water partition coefficient (Wildman–Crippen LogP) is 1.15. The van der Waals surface area contributed by atoms with Crippen LogP contribution in [-0.2, 0) is 10.2 Å². The Bertz CT molecular complexity index is 478. The molecule has 1 aliphatic carbocycles. The third-order valence-corrected chi connectivity index (χ3v) is 3.69. The van der Waals surface area contributed by atoms with E-state index in [1.54, 1.807) is 31.2 Å². The van der Waals surface area contributed by atoms with Crippen molar-refractivity contribution < 1.29 is 13.5 Å². The quantitative estimate of drug-likeness (QED) is 0.739. The van der Waals surface area contributed by atoms with Gasteiger partial charge in [-0.25, -0.2) is 0 Å². The second-order valence-electron chi connectivity index (χ2n) is 4.30. The van der Waals surface area contributed by atoms with Crippen molar-refractivity contribution in [3.05, 3.63) is 29.8 Å². The van der Waals surface area contributed by atoms with E-state index in [1.807, 2.05) is 0 Å². The van der Waals surface area contributed by atoms with E-state index < -0.39 is 16.3 Å². The highest BCUT2D eigenvalue weighted by Crippen LogP contribution is 2.21. The molecule has 0 amide bonds. The van der Waals surface area contributed by atoms with Crippen LogP contribution >= 0.6 is 0 Å². The molecule has 0 aromatic heterocycles. The Morgan fingerprint density at radius 1 is 1.29 bits per heavy atom. The van der Waals surface area contributed by atoms with Crippen molar-refractivity contribution in [2.24, 2.45) is 0 Å². The van der Waals surface area contributed by atoms with Gasteiger partial charge in [-0.3, -0.25) is 4.72 Å². The number of hydrogen-bond acceptors (Lipinski definition) is 3. The normalized spacial score (nSPS) is 17.8. The van der Waals surface area contributed by atoms with Gasteiger partial charge in [0.05, 0.1) is 6.10 Å². The molecule has 3 N–H and O–H groups in total. The summed E-state index contributed by atoms with van der Waals surface area (Å²) >= 11 is 0. The van der Waals surface area contributed by atoms with Crippen molar-refractivity contribution in [1.29, 1.82) is 0 Å². The molecule has 1 saturated carbocycles. The topological polar surface area (TPSA) is 78.4 Å². The van der Waals surface area contributed by atoms with Crippen molar-refractivity contribution in [2.45, 2.75) is 31.9 Å². The summed E-state index contributed by atoms with van der Waals surface area (Å²) in [7, 11) is -3.47. The molecule has 1 atom stereocenters. The number of nitrogens with one attached hydrogen (secondary N) is 2. The molecule has 1 aromatic rings. The second kappa shape index (κ2) is 4.64. The van der Waals surface area contributed by atoms with Gasteiger partial charge in [0.15, 0.2) is 0 Å². The first-order valence-corrected chi connectivity index (χ1v) is 7.03. The van der Waals surface area contributed by atoms with Crippen LogP contribution in [-0.4, -0.2) is 19.6 Å². The van der Waals surface area contributed by atoms with Crippen molar-refractivity contribution in [3.8, 4) is 0 Å². The van der Waals surface area contributed by atoms with Crippen LogP contribution in [0.1, 0.15) is 31.4 Å². The lowest BCUT2D eigenvalue weighted by Crippen LogP contribution is -2.31. The van der Waals surface area contributed by atoms with Gasteiger partial charge < -0.3 is 5.11 Å². The Kier molecular flexibility index (Phi) is 3.37. The highest BCUT2D eigenvalue weighted by molar-refractivity contribution is 7.90. The van der Waals surface area contributed by atoms with E-state index in [2.05, 4.69) is 9.44 Å². The number of hydrogen-bond donors (Lipinski definition) is 3. The van der Waals surface area contributed by atoms with Crippen molar-refractivity contribution in [2.75, 3.05) is 4.72 Å². The monoisotopic (exact) mass is 256 g/mol. The van der Waals surface area contributed by atoms with E-state index in [9.17, 15) is 13.5 Å². The fraction of sp³-hybridized carbons (Fsp3) is 0.455. The largest absolute Gasteiger partial charge is 0.389 e. The van der Waals surface area contributed by atoms with Gasteiger partial charge in [-0.15, -0.1) is 0 Å². The average molecular weight is 256 g/mol. The molecular weight excluding hydrogens is 240 g/mol. The molecule has 17 heavy (non-hydrogen) atoms. The molecule has 0 spiro atoms. The molecule has 1 aromatic carbocycles. The standard InChI is InChI=1S/C11H16N2O3S/c1-8(14)9-2-4-10(5-3-9)12-17(15,16)13-11-6-7-11/h2-5,8,11-14H,6-7H2,1H3. The van der Waals surface area contributed by atoms with Gasteiger partial charge in [-0.05, 0) is 37.5 Å². The van der Waals surface area contributed by atoms with Gasteiger partial charge in [-0.1, -0.05) is 12.1 Å². The highest BCUT2D eigenvalue weighted by Gasteiger charge is 2.26. The van der Waals surface area contributed by atoms with Crippen LogP contribution in [0.4, 0.5) is 5.69 Å². The SMILES string of the molecule is CC(O)c1ccc(NS(=O)(=O)NC2CC2)cc1. The third-order valence-electron chi connectivity index (χ3n) is 2.54. The Morgan fingerprint density at radius 2 is 1.88 bits per heavy atom. The van der Waals surface area contributed by atoms with E-state index in [4.69, 9.17) is 0 Å². The third kappa shape index (κ3) is 3.69. The summed E-state index contributed by atoms with van der Waals surface area (Å²) in [6.07, 6.45) is 1.26. The minimum absolute atomic E-state index is 0.0873. The van der Waals surface area contributed by atoms with Crippen LogP contribution < -0.4 is 9.44 Å². The van der Waals surface area contributed by atoms with E-state index >= 15 is 0 Å². The molecular formula is C11H16N2O3S. The maximum Gasteiger partial charge on any atom is 0.299 e. The fourth-order valence-electron chi connectivity index (χ4n) is 1.43. The van der Waals surface area contributed by atoms with Gasteiger partial charge >= 0.3 is 0 Å². The molecule has 0 bridgehead atoms. The number of benzene rings is 1. The number of aliphatic hydroxyl groups is 1. The number of rotatable bonds is 5. The molecule has 0 radical (unpaired) electrons. The zero-order chi connectivity index (χ0) is 12.5. The van der Waals surface area contributed by atoms with Crippen LogP contribution in [0.15, 0.2) is 24.3 Å². The van der Waals surface area contributed by atoms with E-state index in [1.165, 1.54) is 0 Å². The van der Waals surface area contributed by atoms with Crippen LogP contribution in [0.5, 0.6) is 0 Å². The molecule has 0 saturated heterocycles. The highest BCUT2D eigenvalue weighted by atomic mass is 32.2. The molecule has 1 aliphatic rings. The molecule has 2 rings (SSSR count). The summed E-state index contributed by atoms with van der Waals surface area (Å²) in [6, 6.07) is 6.74. The first-order valence-electron chi connectivity index (χ1n) is 5.54. The molecule has 1 fully saturated rings. The molecule has 0 heterocycles. The predicted molar refractivity (Wildman–Crippen MR) is 65.8 cm³/mol. The van der Waals surface area contributed by atoms with Crippen LogP contribution in [0, 0.1) is 0 Å². The van der Waals surface area contributed by atoms with Gasteiger partial charge in [0.1, 0.15) is 0 Å². The van der Waals surface area contributed by atoms with Crippen LogP contribution in [0.25, 0.3) is 0 Å². The summed E-state index contributed by atoms with van der Waals surface area (Å²) in [5.74, 6) is 0. The Hall–Kier alpha value is -1.11. The van der Waals surface area contributed by atoms with Crippen LogP contribution in [0.3, 0.4) is 0 Å². The first kappa shape index (κ1) is 12.3. The summed E-state index contributed by atoms with van der Waals surface area (Å²) in [5.41, 5.74) is 1.24. The lowest BCUT2D eigenvalue weighted by atomic mass is 10.1. The average Bonchev–Trinajstić information content (AvgIpc) is 3.00. The van der Waals surface area contributed by atoms with E-state index in [0.29, 0.717) is 5.69 Å². The van der Waals surface area contributed by atoms with Gasteiger partial charge in [-0.2, -0.15) is 13.1 Å². The second-order valence-corrected chi connectivity index (χ2v) is 5.74. The molecule has 94 valence electrons. The van der Waals surface area contributed by atoms with Crippen molar-refractivity contribution in [1.82, 2.24) is 4.72 Å². The maximum absolute atomic E-state index is 11.6. The smallest absolute Gasteiger partial charge is 0.299 e. The lowest BCUT2D eigenvalue weighted by molar-refractivity contribution is 0.199. The Labute approximate surface area is 101 Å². The Morgan fingerprint density at radius 3 is 2.35 bits per heavy atom. The Balaban J connectivity index is 2.02. The number of anilines is 1. The fourth-order valence-corrected chi connectivity index (χ4v) is 2.61. The first-order chi connectivity index (χ1) is 7.96. The molecule has 5 nitrogen and oxygen atoms in total. The minimum atomic E-state index is -3.47. The number of aliphatic hydroxyl groups excluding tert-OH is 1. The molecule has 6 heteroatoms. The summed E-state index contributed by atoms with van der Waals surface area (Å²) in [5, 5.41) is 9.32. The summed E-state index contributed by atoms with van der Waals surface area (Å²) in [4.78, 5) is 0.